The molecule has 2 unspecified atom stereocenters. The molecule has 2 N–H and O–H groups in total. The summed E-state index contributed by atoms with van der Waals surface area (Å²) < 4.78 is 5.53. The van der Waals surface area contributed by atoms with Crippen molar-refractivity contribution >= 4 is 0 Å². The molecule has 0 radical (unpaired) electrons. The summed E-state index contributed by atoms with van der Waals surface area (Å²) in [5, 5.41) is 13.2. The van der Waals surface area contributed by atoms with Crippen molar-refractivity contribution in [2.75, 3.05) is 19.8 Å². The Balaban J connectivity index is 3.25. The normalized spacial score (nSPS) is 14.4. The van der Waals surface area contributed by atoms with E-state index in [2.05, 4.69) is 26.1 Å². The Hall–Kier alpha value is -0.120. The van der Waals surface area contributed by atoms with Crippen molar-refractivity contribution in [3.05, 3.63) is 0 Å². The topological polar surface area (TPSA) is 41.5 Å². The summed E-state index contributed by atoms with van der Waals surface area (Å²) in [6.07, 6.45) is 11.0. The highest BCUT2D eigenvalue weighted by atomic mass is 16.5. The minimum atomic E-state index is -0.376. The van der Waals surface area contributed by atoms with Gasteiger partial charge in [-0.15, -0.1) is 0 Å². The Morgan fingerprint density at radius 3 is 2.30 bits per heavy atom. The standard InChI is InChI=1S/C17H37NO2/c1-4-6-8-9-10-11-13-20-15-17(19)14-18-16(3)12-7-5-2/h16-19H,4-15H2,1-3H3. The van der Waals surface area contributed by atoms with Crippen LogP contribution in [0.1, 0.15) is 78.6 Å². The molecule has 0 aromatic rings. The van der Waals surface area contributed by atoms with E-state index < -0.39 is 0 Å². The lowest BCUT2D eigenvalue weighted by Crippen LogP contribution is -2.36. The van der Waals surface area contributed by atoms with Crippen LogP contribution in [-0.2, 0) is 4.74 Å². The number of unbranched alkanes of at least 4 members (excludes halogenated alkanes) is 6. The molecule has 20 heavy (non-hydrogen) atoms. The largest absolute Gasteiger partial charge is 0.389 e. The average Bonchev–Trinajstić information content (AvgIpc) is 2.45. The van der Waals surface area contributed by atoms with Crippen molar-refractivity contribution < 1.29 is 9.84 Å². The van der Waals surface area contributed by atoms with E-state index in [9.17, 15) is 5.11 Å². The Bertz CT molecular complexity index is 188. The molecule has 0 aliphatic heterocycles. The van der Waals surface area contributed by atoms with Gasteiger partial charge in [-0.1, -0.05) is 58.8 Å². The first-order valence-electron chi connectivity index (χ1n) is 8.69. The molecule has 0 fully saturated rings. The molecule has 0 saturated heterocycles. The second-order valence-electron chi connectivity index (χ2n) is 5.95. The van der Waals surface area contributed by atoms with Gasteiger partial charge in [-0.25, -0.2) is 0 Å². The maximum atomic E-state index is 9.81. The maximum Gasteiger partial charge on any atom is 0.0897 e. The van der Waals surface area contributed by atoms with Gasteiger partial charge < -0.3 is 15.2 Å². The van der Waals surface area contributed by atoms with Gasteiger partial charge in [0.05, 0.1) is 12.7 Å². The summed E-state index contributed by atoms with van der Waals surface area (Å²) >= 11 is 0. The number of aliphatic hydroxyl groups is 1. The minimum Gasteiger partial charge on any atom is -0.389 e. The van der Waals surface area contributed by atoms with Crippen molar-refractivity contribution in [2.45, 2.75) is 90.7 Å². The highest BCUT2D eigenvalue weighted by Crippen LogP contribution is 2.05. The molecule has 0 saturated carbocycles. The van der Waals surface area contributed by atoms with E-state index in [4.69, 9.17) is 4.74 Å². The van der Waals surface area contributed by atoms with E-state index in [0.29, 0.717) is 19.2 Å². The molecule has 0 aliphatic carbocycles. The van der Waals surface area contributed by atoms with E-state index in [1.165, 1.54) is 51.4 Å². The molecule has 3 heteroatoms. The van der Waals surface area contributed by atoms with Crippen LogP contribution in [0.2, 0.25) is 0 Å². The third kappa shape index (κ3) is 14.3. The fraction of sp³-hybridized carbons (Fsp3) is 1.00. The second kappa shape index (κ2) is 15.3. The predicted molar refractivity (Wildman–Crippen MR) is 87.2 cm³/mol. The SMILES string of the molecule is CCCCCCCCOCC(O)CNC(C)CCCC. The average molecular weight is 287 g/mol. The van der Waals surface area contributed by atoms with Crippen molar-refractivity contribution in [1.82, 2.24) is 5.32 Å². The monoisotopic (exact) mass is 287 g/mol. The molecule has 0 aromatic carbocycles. The molecular weight excluding hydrogens is 250 g/mol. The number of nitrogens with one attached hydrogen (secondary N) is 1. The second-order valence-corrected chi connectivity index (χ2v) is 5.95. The van der Waals surface area contributed by atoms with E-state index in [0.717, 1.165) is 13.0 Å². The molecule has 3 nitrogen and oxygen atoms in total. The van der Waals surface area contributed by atoms with Crippen LogP contribution in [0.4, 0.5) is 0 Å². The lowest BCUT2D eigenvalue weighted by atomic mass is 10.1. The van der Waals surface area contributed by atoms with Gasteiger partial charge >= 0.3 is 0 Å². The van der Waals surface area contributed by atoms with Crippen LogP contribution in [0.15, 0.2) is 0 Å². The zero-order valence-corrected chi connectivity index (χ0v) is 14.0. The van der Waals surface area contributed by atoms with Gasteiger partial charge in [0.2, 0.25) is 0 Å². The summed E-state index contributed by atoms with van der Waals surface area (Å²) in [7, 11) is 0. The molecule has 2 atom stereocenters. The Kier molecular flexibility index (Phi) is 15.2. The van der Waals surface area contributed by atoms with E-state index in [1.54, 1.807) is 0 Å². The Morgan fingerprint density at radius 1 is 0.950 bits per heavy atom. The van der Waals surface area contributed by atoms with Crippen LogP contribution in [0.5, 0.6) is 0 Å². The van der Waals surface area contributed by atoms with Crippen LogP contribution >= 0.6 is 0 Å². The van der Waals surface area contributed by atoms with Crippen molar-refractivity contribution in [3.63, 3.8) is 0 Å². The molecule has 0 aliphatic rings. The van der Waals surface area contributed by atoms with E-state index in [1.807, 2.05) is 0 Å². The maximum absolute atomic E-state index is 9.81. The molecular formula is C17H37NO2. The quantitative estimate of drug-likeness (QED) is 0.449. The van der Waals surface area contributed by atoms with Gasteiger partial charge in [0, 0.05) is 19.2 Å². The zero-order valence-electron chi connectivity index (χ0n) is 14.0. The molecule has 0 amide bonds. The first-order valence-corrected chi connectivity index (χ1v) is 8.69. The summed E-state index contributed by atoms with van der Waals surface area (Å²) in [5.74, 6) is 0. The Labute approximate surface area is 126 Å². The molecule has 0 aromatic heterocycles. The van der Waals surface area contributed by atoms with Gasteiger partial charge in [-0.3, -0.25) is 0 Å². The summed E-state index contributed by atoms with van der Waals surface area (Å²) in [5.41, 5.74) is 0. The first kappa shape index (κ1) is 19.9. The van der Waals surface area contributed by atoms with Crippen molar-refractivity contribution in [1.29, 1.82) is 0 Å². The molecule has 0 rings (SSSR count). The highest BCUT2D eigenvalue weighted by molar-refractivity contribution is 4.65. The number of hydrogen-bond donors (Lipinski definition) is 2. The first-order chi connectivity index (χ1) is 9.70. The summed E-state index contributed by atoms with van der Waals surface area (Å²) in [6, 6.07) is 0.489. The number of aliphatic hydroxyl groups excluding tert-OH is 1. The van der Waals surface area contributed by atoms with Crippen LogP contribution < -0.4 is 5.32 Å². The minimum absolute atomic E-state index is 0.376. The lowest BCUT2D eigenvalue weighted by Gasteiger charge is -2.17. The number of hydrogen-bond acceptors (Lipinski definition) is 3. The smallest absolute Gasteiger partial charge is 0.0897 e. The van der Waals surface area contributed by atoms with Crippen LogP contribution in [-0.4, -0.2) is 37.0 Å². The summed E-state index contributed by atoms with van der Waals surface area (Å²) in [6.45, 7) is 8.51. The predicted octanol–water partition coefficient (Wildman–Crippen LogP) is 3.89. The number of rotatable bonds is 15. The van der Waals surface area contributed by atoms with Crippen LogP contribution in [0.25, 0.3) is 0 Å². The van der Waals surface area contributed by atoms with Gasteiger partial charge in [0.15, 0.2) is 0 Å². The fourth-order valence-electron chi connectivity index (χ4n) is 2.21. The van der Waals surface area contributed by atoms with Gasteiger partial charge in [-0.05, 0) is 19.8 Å². The molecule has 0 spiro atoms. The van der Waals surface area contributed by atoms with E-state index in [-0.39, 0.29) is 6.10 Å². The van der Waals surface area contributed by atoms with Gasteiger partial charge in [-0.2, -0.15) is 0 Å². The highest BCUT2D eigenvalue weighted by Gasteiger charge is 2.06. The zero-order chi connectivity index (χ0) is 15.1. The van der Waals surface area contributed by atoms with Crippen LogP contribution in [0, 0.1) is 0 Å². The molecule has 122 valence electrons. The van der Waals surface area contributed by atoms with Crippen molar-refractivity contribution in [3.8, 4) is 0 Å². The number of ether oxygens (including phenoxy) is 1. The molecule has 0 heterocycles. The third-order valence-corrected chi connectivity index (χ3v) is 3.65. The van der Waals surface area contributed by atoms with Crippen molar-refractivity contribution in [2.24, 2.45) is 0 Å². The van der Waals surface area contributed by atoms with Gasteiger partial charge in [0.1, 0.15) is 0 Å². The Morgan fingerprint density at radius 2 is 1.60 bits per heavy atom. The lowest BCUT2D eigenvalue weighted by molar-refractivity contribution is 0.0342. The van der Waals surface area contributed by atoms with Gasteiger partial charge in [0.25, 0.3) is 0 Å². The molecule has 0 bridgehead atoms. The van der Waals surface area contributed by atoms with E-state index >= 15 is 0 Å². The summed E-state index contributed by atoms with van der Waals surface area (Å²) in [4.78, 5) is 0. The fourth-order valence-corrected chi connectivity index (χ4v) is 2.21. The third-order valence-electron chi connectivity index (χ3n) is 3.65. The van der Waals surface area contributed by atoms with Crippen LogP contribution in [0.3, 0.4) is 0 Å².